The van der Waals surface area contributed by atoms with Crippen LogP contribution in [0.15, 0.2) is 28.7 Å². The fourth-order valence-electron chi connectivity index (χ4n) is 2.09. The molecule has 2 aromatic rings. The van der Waals surface area contributed by atoms with Crippen LogP contribution in [0.2, 0.25) is 0 Å². The number of aromatic nitrogens is 2. The van der Waals surface area contributed by atoms with Gasteiger partial charge >= 0.3 is 5.97 Å². The molecule has 2 heterocycles. The first-order valence-corrected chi connectivity index (χ1v) is 5.99. The van der Waals surface area contributed by atoms with Crippen molar-refractivity contribution in [1.82, 2.24) is 10.2 Å². The molecule has 0 radical (unpaired) electrons. The molecule has 6 nitrogen and oxygen atoms in total. The summed E-state index contributed by atoms with van der Waals surface area (Å²) < 4.78 is 10.8. The minimum Gasteiger partial charge on any atom is -0.478 e. The summed E-state index contributed by atoms with van der Waals surface area (Å²) in [5.41, 5.74) is 0.591. The third-order valence-electron chi connectivity index (χ3n) is 3.11. The molecule has 1 aromatic heterocycles. The Bertz CT molecular complexity index is 602. The zero-order valence-corrected chi connectivity index (χ0v) is 10.1. The van der Waals surface area contributed by atoms with Gasteiger partial charge in [-0.15, -0.1) is 10.2 Å². The minimum atomic E-state index is -1.01. The van der Waals surface area contributed by atoms with E-state index in [0.717, 1.165) is 6.42 Å². The summed E-state index contributed by atoms with van der Waals surface area (Å²) >= 11 is 0. The highest BCUT2D eigenvalue weighted by molar-refractivity contribution is 5.94. The van der Waals surface area contributed by atoms with Gasteiger partial charge in [-0.2, -0.15) is 0 Å². The lowest BCUT2D eigenvalue weighted by molar-refractivity contribution is 0.0697. The second-order valence-corrected chi connectivity index (χ2v) is 4.36. The average molecular weight is 260 g/mol. The highest BCUT2D eigenvalue weighted by atomic mass is 16.5. The number of hydrogen-bond acceptors (Lipinski definition) is 5. The predicted octanol–water partition coefficient (Wildman–Crippen LogP) is 1.94. The van der Waals surface area contributed by atoms with Gasteiger partial charge in [0.05, 0.1) is 23.7 Å². The molecule has 1 N–H and O–H groups in total. The van der Waals surface area contributed by atoms with Crippen molar-refractivity contribution in [2.75, 3.05) is 13.2 Å². The lowest BCUT2D eigenvalue weighted by Gasteiger charge is -2.01. The van der Waals surface area contributed by atoms with Gasteiger partial charge in [0.15, 0.2) is 0 Å². The van der Waals surface area contributed by atoms with Gasteiger partial charge in [0.1, 0.15) is 0 Å². The van der Waals surface area contributed by atoms with Crippen molar-refractivity contribution in [2.45, 2.75) is 12.3 Å². The third-order valence-corrected chi connectivity index (χ3v) is 3.11. The van der Waals surface area contributed by atoms with E-state index in [1.165, 1.54) is 6.07 Å². The molecule has 19 heavy (non-hydrogen) atoms. The summed E-state index contributed by atoms with van der Waals surface area (Å²) in [5.74, 6) is -0.162. The topological polar surface area (TPSA) is 85.5 Å². The number of carboxylic acids is 1. The molecule has 1 fully saturated rings. The smallest absolute Gasteiger partial charge is 0.336 e. The van der Waals surface area contributed by atoms with Crippen molar-refractivity contribution >= 4 is 5.97 Å². The van der Waals surface area contributed by atoms with Crippen LogP contribution in [-0.4, -0.2) is 34.5 Å². The Balaban J connectivity index is 1.96. The summed E-state index contributed by atoms with van der Waals surface area (Å²) in [4.78, 5) is 11.1. The van der Waals surface area contributed by atoms with Crippen LogP contribution in [0, 0.1) is 0 Å². The van der Waals surface area contributed by atoms with E-state index in [4.69, 9.17) is 14.3 Å². The van der Waals surface area contributed by atoms with Gasteiger partial charge in [-0.1, -0.05) is 12.1 Å². The van der Waals surface area contributed by atoms with Crippen molar-refractivity contribution in [1.29, 1.82) is 0 Å². The maximum Gasteiger partial charge on any atom is 0.336 e. The van der Waals surface area contributed by atoms with Crippen LogP contribution >= 0.6 is 0 Å². The molecule has 1 unspecified atom stereocenters. The van der Waals surface area contributed by atoms with E-state index in [9.17, 15) is 4.79 Å². The molecule has 0 amide bonds. The van der Waals surface area contributed by atoms with Crippen LogP contribution in [0.1, 0.15) is 28.6 Å². The van der Waals surface area contributed by atoms with Crippen molar-refractivity contribution in [3.05, 3.63) is 35.7 Å². The van der Waals surface area contributed by atoms with Gasteiger partial charge in [-0.25, -0.2) is 4.79 Å². The first kappa shape index (κ1) is 11.9. The summed E-state index contributed by atoms with van der Waals surface area (Å²) in [7, 11) is 0. The number of rotatable bonds is 3. The van der Waals surface area contributed by atoms with Crippen LogP contribution in [-0.2, 0) is 4.74 Å². The van der Waals surface area contributed by atoms with E-state index in [1.54, 1.807) is 18.2 Å². The summed E-state index contributed by atoms with van der Waals surface area (Å²) in [6.45, 7) is 1.26. The summed E-state index contributed by atoms with van der Waals surface area (Å²) in [6, 6.07) is 6.57. The molecule has 0 bridgehead atoms. The standard InChI is InChI=1S/C13H12N2O4/c16-13(17)10-4-2-1-3-9(10)12-15-14-11(19-12)8-5-6-18-7-8/h1-4,8H,5-7H2,(H,16,17). The number of aromatic carboxylic acids is 1. The van der Waals surface area contributed by atoms with Crippen molar-refractivity contribution < 1.29 is 19.1 Å². The first-order valence-electron chi connectivity index (χ1n) is 5.99. The van der Waals surface area contributed by atoms with E-state index in [2.05, 4.69) is 10.2 Å². The fourth-order valence-corrected chi connectivity index (χ4v) is 2.09. The number of ether oxygens (including phenoxy) is 1. The quantitative estimate of drug-likeness (QED) is 0.907. The number of benzene rings is 1. The Morgan fingerprint density at radius 1 is 1.32 bits per heavy atom. The monoisotopic (exact) mass is 260 g/mol. The number of nitrogens with zero attached hydrogens (tertiary/aromatic N) is 2. The maximum absolute atomic E-state index is 11.1. The van der Waals surface area contributed by atoms with Crippen LogP contribution in [0.4, 0.5) is 0 Å². The minimum absolute atomic E-state index is 0.109. The van der Waals surface area contributed by atoms with Gasteiger partial charge in [0, 0.05) is 6.61 Å². The van der Waals surface area contributed by atoms with Crippen LogP contribution in [0.25, 0.3) is 11.5 Å². The fraction of sp³-hybridized carbons (Fsp3) is 0.308. The van der Waals surface area contributed by atoms with Gasteiger partial charge in [-0.3, -0.25) is 0 Å². The molecule has 6 heteroatoms. The highest BCUT2D eigenvalue weighted by Crippen LogP contribution is 2.28. The van der Waals surface area contributed by atoms with Crippen molar-refractivity contribution in [3.63, 3.8) is 0 Å². The lowest BCUT2D eigenvalue weighted by atomic mass is 10.1. The number of carboxylic acid groups (broad SMARTS) is 1. The SMILES string of the molecule is O=C(O)c1ccccc1-c1nnc(C2CCOC2)o1. The van der Waals surface area contributed by atoms with Gasteiger partial charge in [0.25, 0.3) is 0 Å². The molecule has 3 rings (SSSR count). The molecule has 1 aliphatic heterocycles. The zero-order valence-electron chi connectivity index (χ0n) is 10.1. The van der Waals surface area contributed by atoms with E-state index >= 15 is 0 Å². The normalized spacial score (nSPS) is 18.6. The second kappa shape index (κ2) is 4.81. The average Bonchev–Trinajstić information content (AvgIpc) is 3.09. The largest absolute Gasteiger partial charge is 0.478 e. The van der Waals surface area contributed by atoms with Crippen molar-refractivity contribution in [2.24, 2.45) is 0 Å². The molecule has 1 aliphatic rings. The molecule has 1 saturated heterocycles. The molecular weight excluding hydrogens is 248 g/mol. The molecular formula is C13H12N2O4. The van der Waals surface area contributed by atoms with Crippen LogP contribution in [0.5, 0.6) is 0 Å². The van der Waals surface area contributed by atoms with Crippen LogP contribution in [0.3, 0.4) is 0 Å². The highest BCUT2D eigenvalue weighted by Gasteiger charge is 2.24. The van der Waals surface area contributed by atoms with Crippen molar-refractivity contribution in [3.8, 4) is 11.5 Å². The van der Waals surface area contributed by atoms with E-state index in [-0.39, 0.29) is 17.4 Å². The zero-order chi connectivity index (χ0) is 13.2. The second-order valence-electron chi connectivity index (χ2n) is 4.36. The Morgan fingerprint density at radius 3 is 2.89 bits per heavy atom. The third kappa shape index (κ3) is 2.22. The Kier molecular flexibility index (Phi) is 3.00. The summed E-state index contributed by atoms with van der Waals surface area (Å²) in [6.07, 6.45) is 0.849. The predicted molar refractivity (Wildman–Crippen MR) is 64.9 cm³/mol. The molecule has 98 valence electrons. The number of hydrogen-bond donors (Lipinski definition) is 1. The van der Waals surface area contributed by atoms with Gasteiger partial charge < -0.3 is 14.3 Å². The van der Waals surface area contributed by atoms with E-state index < -0.39 is 5.97 Å². The van der Waals surface area contributed by atoms with Crippen LogP contribution < -0.4 is 0 Å². The molecule has 1 atom stereocenters. The first-order chi connectivity index (χ1) is 9.25. The Labute approximate surface area is 109 Å². The van der Waals surface area contributed by atoms with Gasteiger partial charge in [-0.05, 0) is 18.6 Å². The lowest BCUT2D eigenvalue weighted by Crippen LogP contribution is -1.99. The molecule has 0 spiro atoms. The molecule has 0 saturated carbocycles. The summed E-state index contributed by atoms with van der Waals surface area (Å²) in [5, 5.41) is 17.1. The Hall–Kier alpha value is -2.21. The molecule has 1 aromatic carbocycles. The van der Waals surface area contributed by atoms with Gasteiger partial charge in [0.2, 0.25) is 11.8 Å². The number of carbonyl (C=O) groups is 1. The van der Waals surface area contributed by atoms with E-state index in [0.29, 0.717) is 24.7 Å². The molecule has 0 aliphatic carbocycles. The van der Waals surface area contributed by atoms with E-state index in [1.807, 2.05) is 0 Å². The Morgan fingerprint density at radius 2 is 2.16 bits per heavy atom. The maximum atomic E-state index is 11.1.